The minimum Gasteiger partial charge on any atom is -0.265 e. The Morgan fingerprint density at radius 3 is 1.53 bits per heavy atom. The first kappa shape index (κ1) is 17.8. The lowest BCUT2D eigenvalue weighted by Gasteiger charge is -2.08. The van der Waals surface area contributed by atoms with Crippen molar-refractivity contribution in [3.63, 3.8) is 0 Å². The summed E-state index contributed by atoms with van der Waals surface area (Å²) >= 11 is 0. The minimum absolute atomic E-state index is 0.620. The first-order chi connectivity index (χ1) is 14.9. The monoisotopic (exact) mass is 387 g/mol. The lowest BCUT2D eigenvalue weighted by atomic mass is 10.1. The molecule has 0 atom stereocenters. The average Bonchev–Trinajstić information content (AvgIpc) is 2.85. The van der Waals surface area contributed by atoms with Gasteiger partial charge in [-0.15, -0.1) is 0 Å². The fraction of sp³-hybridized carbons (Fsp3) is 0. The van der Waals surface area contributed by atoms with Gasteiger partial charge in [-0.3, -0.25) is 9.97 Å². The zero-order valence-corrected chi connectivity index (χ0v) is 16.1. The molecule has 0 fully saturated rings. The van der Waals surface area contributed by atoms with Crippen LogP contribution in [-0.2, 0) is 0 Å². The van der Waals surface area contributed by atoms with E-state index in [0.717, 1.165) is 27.9 Å². The smallest absolute Gasteiger partial charge is 0.164 e. The van der Waals surface area contributed by atoms with Crippen molar-refractivity contribution in [2.75, 3.05) is 0 Å². The predicted molar refractivity (Wildman–Crippen MR) is 117 cm³/mol. The number of aromatic nitrogens is 5. The zero-order chi connectivity index (χ0) is 20.2. The van der Waals surface area contributed by atoms with E-state index in [9.17, 15) is 0 Å². The van der Waals surface area contributed by atoms with E-state index >= 15 is 0 Å². The van der Waals surface area contributed by atoms with Crippen molar-refractivity contribution in [1.29, 1.82) is 0 Å². The molecule has 3 heterocycles. The number of hydrogen-bond acceptors (Lipinski definition) is 5. The zero-order valence-electron chi connectivity index (χ0n) is 16.1. The van der Waals surface area contributed by atoms with Gasteiger partial charge in [-0.1, -0.05) is 60.7 Å². The molecule has 5 aromatic rings. The van der Waals surface area contributed by atoms with Crippen molar-refractivity contribution in [2.24, 2.45) is 0 Å². The van der Waals surface area contributed by atoms with Gasteiger partial charge in [0.1, 0.15) is 0 Å². The standard InChI is InChI=1S/C25H17N5/c1-2-6-19(7-3-1)23-28-24(30-25(29-23)21-13-16-26-17-14-21)20-11-9-18(10-12-20)22-8-4-5-15-27-22/h1-17H. The van der Waals surface area contributed by atoms with Crippen LogP contribution >= 0.6 is 0 Å². The predicted octanol–water partition coefficient (Wildman–Crippen LogP) is 5.33. The summed E-state index contributed by atoms with van der Waals surface area (Å²) in [6.07, 6.45) is 5.27. The van der Waals surface area contributed by atoms with Gasteiger partial charge in [0.05, 0.1) is 5.69 Å². The molecule has 0 N–H and O–H groups in total. The summed E-state index contributed by atoms with van der Waals surface area (Å²) in [4.78, 5) is 22.7. The third kappa shape index (κ3) is 3.69. The molecule has 0 saturated heterocycles. The summed E-state index contributed by atoms with van der Waals surface area (Å²) in [5.74, 6) is 1.89. The van der Waals surface area contributed by atoms with Crippen LogP contribution < -0.4 is 0 Å². The largest absolute Gasteiger partial charge is 0.265 e. The topological polar surface area (TPSA) is 64.5 Å². The highest BCUT2D eigenvalue weighted by atomic mass is 15.0. The molecule has 0 spiro atoms. The van der Waals surface area contributed by atoms with E-state index in [1.54, 1.807) is 18.6 Å². The Labute approximate surface area is 174 Å². The first-order valence-corrected chi connectivity index (χ1v) is 9.60. The molecule has 0 bridgehead atoms. The molecular weight excluding hydrogens is 370 g/mol. The summed E-state index contributed by atoms with van der Waals surface area (Å²) in [6.45, 7) is 0. The maximum Gasteiger partial charge on any atom is 0.164 e. The van der Waals surface area contributed by atoms with E-state index in [1.165, 1.54) is 0 Å². The average molecular weight is 387 g/mol. The molecule has 0 aliphatic carbocycles. The van der Waals surface area contributed by atoms with Crippen molar-refractivity contribution in [2.45, 2.75) is 0 Å². The van der Waals surface area contributed by atoms with Crippen LogP contribution in [0.2, 0.25) is 0 Å². The van der Waals surface area contributed by atoms with Crippen LogP contribution in [0.1, 0.15) is 0 Å². The van der Waals surface area contributed by atoms with Crippen LogP contribution in [0.5, 0.6) is 0 Å². The van der Waals surface area contributed by atoms with Gasteiger partial charge in [0.2, 0.25) is 0 Å². The van der Waals surface area contributed by atoms with Gasteiger partial charge in [0.15, 0.2) is 17.5 Å². The fourth-order valence-electron chi connectivity index (χ4n) is 3.18. The minimum atomic E-state index is 0.620. The molecule has 5 nitrogen and oxygen atoms in total. The molecule has 0 radical (unpaired) electrons. The van der Waals surface area contributed by atoms with E-state index in [1.807, 2.05) is 84.9 Å². The number of benzene rings is 2. The molecule has 0 amide bonds. The van der Waals surface area contributed by atoms with Crippen LogP contribution in [0.4, 0.5) is 0 Å². The Kier molecular flexibility index (Phi) is 4.76. The van der Waals surface area contributed by atoms with Crippen molar-refractivity contribution < 1.29 is 0 Å². The Morgan fingerprint density at radius 2 is 0.933 bits per heavy atom. The van der Waals surface area contributed by atoms with Crippen molar-refractivity contribution >= 4 is 0 Å². The maximum atomic E-state index is 4.75. The highest BCUT2D eigenvalue weighted by Crippen LogP contribution is 2.26. The summed E-state index contributed by atoms with van der Waals surface area (Å²) in [7, 11) is 0. The Morgan fingerprint density at radius 1 is 0.400 bits per heavy atom. The summed E-state index contributed by atoms with van der Waals surface area (Å²) in [6, 6.07) is 27.7. The molecule has 0 aliphatic rings. The van der Waals surface area contributed by atoms with Crippen molar-refractivity contribution in [3.8, 4) is 45.4 Å². The van der Waals surface area contributed by atoms with Crippen LogP contribution in [0.15, 0.2) is 104 Å². The molecule has 5 heteroatoms. The SMILES string of the molecule is c1ccc(-c2nc(-c3ccncc3)nc(-c3ccc(-c4ccccn4)cc3)n2)cc1. The van der Waals surface area contributed by atoms with E-state index < -0.39 is 0 Å². The van der Waals surface area contributed by atoms with Gasteiger partial charge in [-0.25, -0.2) is 15.0 Å². The number of nitrogens with zero attached hydrogens (tertiary/aromatic N) is 5. The summed E-state index contributed by atoms with van der Waals surface area (Å²) in [5, 5.41) is 0. The second-order valence-corrected chi connectivity index (χ2v) is 6.70. The van der Waals surface area contributed by atoms with Gasteiger partial charge in [-0.2, -0.15) is 0 Å². The number of pyridine rings is 2. The second kappa shape index (κ2) is 8.01. The van der Waals surface area contributed by atoms with Crippen molar-refractivity contribution in [3.05, 3.63) is 104 Å². The second-order valence-electron chi connectivity index (χ2n) is 6.70. The third-order valence-electron chi connectivity index (χ3n) is 4.71. The van der Waals surface area contributed by atoms with E-state index in [0.29, 0.717) is 17.5 Å². The third-order valence-corrected chi connectivity index (χ3v) is 4.71. The van der Waals surface area contributed by atoms with Crippen LogP contribution in [0.25, 0.3) is 45.4 Å². The van der Waals surface area contributed by atoms with Gasteiger partial charge in [0.25, 0.3) is 0 Å². The van der Waals surface area contributed by atoms with E-state index in [4.69, 9.17) is 15.0 Å². The Hall–Kier alpha value is -4.25. The van der Waals surface area contributed by atoms with E-state index in [2.05, 4.69) is 9.97 Å². The lowest BCUT2D eigenvalue weighted by molar-refractivity contribution is 1.07. The van der Waals surface area contributed by atoms with Gasteiger partial charge >= 0.3 is 0 Å². The lowest BCUT2D eigenvalue weighted by Crippen LogP contribution is -2.00. The molecule has 0 unspecified atom stereocenters. The highest BCUT2D eigenvalue weighted by Gasteiger charge is 2.12. The van der Waals surface area contributed by atoms with Gasteiger partial charge in [-0.05, 0) is 24.3 Å². The molecule has 0 saturated carbocycles. The summed E-state index contributed by atoms with van der Waals surface area (Å²) < 4.78 is 0. The van der Waals surface area contributed by atoms with Gasteiger partial charge in [0, 0.05) is 40.8 Å². The molecular formula is C25H17N5. The van der Waals surface area contributed by atoms with E-state index in [-0.39, 0.29) is 0 Å². The first-order valence-electron chi connectivity index (χ1n) is 9.60. The quantitative estimate of drug-likeness (QED) is 0.417. The molecule has 5 rings (SSSR count). The van der Waals surface area contributed by atoms with Crippen LogP contribution in [-0.4, -0.2) is 24.9 Å². The highest BCUT2D eigenvalue weighted by molar-refractivity contribution is 5.68. The normalized spacial score (nSPS) is 10.7. The summed E-state index contributed by atoms with van der Waals surface area (Å²) in [5.41, 5.74) is 4.75. The molecule has 3 aromatic heterocycles. The molecule has 0 aliphatic heterocycles. The van der Waals surface area contributed by atoms with Crippen LogP contribution in [0.3, 0.4) is 0 Å². The van der Waals surface area contributed by atoms with Crippen molar-refractivity contribution in [1.82, 2.24) is 24.9 Å². The Bertz CT molecular complexity index is 1200. The Balaban J connectivity index is 1.60. The maximum absolute atomic E-state index is 4.75. The number of hydrogen-bond donors (Lipinski definition) is 0. The number of rotatable bonds is 4. The fourth-order valence-corrected chi connectivity index (χ4v) is 3.18. The van der Waals surface area contributed by atoms with Gasteiger partial charge < -0.3 is 0 Å². The molecule has 30 heavy (non-hydrogen) atoms. The molecule has 2 aromatic carbocycles. The van der Waals surface area contributed by atoms with Crippen LogP contribution in [0, 0.1) is 0 Å². The molecule has 142 valence electrons.